The molecule has 1 N–H and O–H groups in total. The molecule has 2 saturated carbocycles. The van der Waals surface area contributed by atoms with E-state index >= 15 is 0 Å². The summed E-state index contributed by atoms with van der Waals surface area (Å²) in [6.07, 6.45) is 18.4. The number of rotatable bonds is 10. The number of hydrogen-bond donors (Lipinski definition) is 1. The van der Waals surface area contributed by atoms with Crippen LogP contribution in [0.3, 0.4) is 0 Å². The smallest absolute Gasteiger partial charge is 0.0755 e. The molecule has 0 aromatic carbocycles. The van der Waals surface area contributed by atoms with Crippen molar-refractivity contribution in [2.45, 2.75) is 97.1 Å². The largest absolute Gasteiger partial charge is 0.389 e. The highest BCUT2D eigenvalue weighted by molar-refractivity contribution is 5.25. The van der Waals surface area contributed by atoms with E-state index in [0.717, 1.165) is 50.9 Å². The van der Waals surface area contributed by atoms with Crippen molar-refractivity contribution < 1.29 is 9.84 Å². The van der Waals surface area contributed by atoms with Gasteiger partial charge in [-0.2, -0.15) is 0 Å². The molecule has 2 aliphatic carbocycles. The molecular formula is C28H47NO2. The Morgan fingerprint density at radius 2 is 2.23 bits per heavy atom. The number of aliphatic hydroxyl groups excluding tert-OH is 1. The van der Waals surface area contributed by atoms with Crippen LogP contribution in [0.15, 0.2) is 36.0 Å². The van der Waals surface area contributed by atoms with Gasteiger partial charge in [0.25, 0.3) is 0 Å². The van der Waals surface area contributed by atoms with Crippen LogP contribution >= 0.6 is 0 Å². The number of allylic oxidation sites excluding steroid dienone is 3. The fourth-order valence-electron chi connectivity index (χ4n) is 6.61. The van der Waals surface area contributed by atoms with Crippen LogP contribution in [0.1, 0.15) is 85.0 Å². The number of nitrogens with zero attached hydrogens (tertiary/aromatic N) is 1. The molecule has 0 amide bonds. The molecule has 31 heavy (non-hydrogen) atoms. The summed E-state index contributed by atoms with van der Waals surface area (Å²) < 4.78 is 5.60. The Morgan fingerprint density at radius 3 is 2.97 bits per heavy atom. The highest BCUT2D eigenvalue weighted by Crippen LogP contribution is 2.58. The van der Waals surface area contributed by atoms with Gasteiger partial charge in [-0.25, -0.2) is 0 Å². The zero-order valence-corrected chi connectivity index (χ0v) is 20.5. The van der Waals surface area contributed by atoms with Crippen LogP contribution < -0.4 is 0 Å². The first-order valence-electron chi connectivity index (χ1n) is 13.0. The lowest BCUT2D eigenvalue weighted by Gasteiger charge is -2.43. The third-order valence-electron chi connectivity index (χ3n) is 8.51. The number of hydrogen-bond acceptors (Lipinski definition) is 3. The number of ether oxygens (including phenoxy) is 1. The normalized spacial score (nSPS) is 34.6. The minimum atomic E-state index is -0.419. The van der Waals surface area contributed by atoms with E-state index in [0.29, 0.717) is 11.5 Å². The van der Waals surface area contributed by atoms with Gasteiger partial charge >= 0.3 is 0 Å². The van der Waals surface area contributed by atoms with Crippen molar-refractivity contribution >= 4 is 0 Å². The van der Waals surface area contributed by atoms with Gasteiger partial charge in [-0.05, 0) is 88.5 Å². The van der Waals surface area contributed by atoms with Gasteiger partial charge < -0.3 is 9.84 Å². The fraction of sp³-hybridized carbons (Fsp3) is 0.786. The molecule has 3 heteroatoms. The lowest BCUT2D eigenvalue weighted by atomic mass is 9.62. The van der Waals surface area contributed by atoms with E-state index in [1.807, 2.05) is 0 Å². The Morgan fingerprint density at radius 1 is 1.39 bits per heavy atom. The van der Waals surface area contributed by atoms with Gasteiger partial charge in [-0.3, -0.25) is 4.90 Å². The Labute approximate surface area is 191 Å². The van der Waals surface area contributed by atoms with E-state index < -0.39 is 6.10 Å². The molecule has 0 spiro atoms. The van der Waals surface area contributed by atoms with Gasteiger partial charge in [0.1, 0.15) is 0 Å². The molecule has 0 aromatic rings. The van der Waals surface area contributed by atoms with Crippen molar-refractivity contribution in [2.75, 3.05) is 26.3 Å². The summed E-state index contributed by atoms with van der Waals surface area (Å²) in [6.45, 7) is 15.0. The van der Waals surface area contributed by atoms with E-state index in [2.05, 4.69) is 44.4 Å². The number of aliphatic hydroxyl groups is 1. The Hall–Kier alpha value is -0.900. The van der Waals surface area contributed by atoms with E-state index in [9.17, 15) is 5.11 Å². The van der Waals surface area contributed by atoms with Gasteiger partial charge in [0.2, 0.25) is 0 Å². The SMILES string of the molecule is C=CC(O)C/C(=C\C=C1/CCCC2(C)C(CCCN3CCOC[C@H]3C)CCC12)CCC. The molecule has 1 saturated heterocycles. The van der Waals surface area contributed by atoms with Gasteiger partial charge in [0.15, 0.2) is 0 Å². The van der Waals surface area contributed by atoms with Crippen molar-refractivity contribution in [1.29, 1.82) is 0 Å². The van der Waals surface area contributed by atoms with Gasteiger partial charge in [-0.15, -0.1) is 6.58 Å². The molecule has 5 atom stereocenters. The van der Waals surface area contributed by atoms with Crippen molar-refractivity contribution in [2.24, 2.45) is 17.3 Å². The zero-order valence-electron chi connectivity index (χ0n) is 20.5. The first-order valence-corrected chi connectivity index (χ1v) is 13.0. The van der Waals surface area contributed by atoms with E-state index in [1.165, 1.54) is 57.1 Å². The van der Waals surface area contributed by atoms with E-state index in [4.69, 9.17) is 4.74 Å². The molecule has 0 bridgehead atoms. The quantitative estimate of drug-likeness (QED) is 0.414. The number of morpholine rings is 1. The average molecular weight is 430 g/mol. The molecule has 3 nitrogen and oxygen atoms in total. The van der Waals surface area contributed by atoms with Crippen molar-refractivity contribution in [1.82, 2.24) is 4.90 Å². The van der Waals surface area contributed by atoms with Crippen LogP contribution in [0, 0.1) is 17.3 Å². The first-order chi connectivity index (χ1) is 15.0. The predicted molar refractivity (Wildman–Crippen MR) is 131 cm³/mol. The Balaban J connectivity index is 1.61. The molecule has 3 rings (SSSR count). The van der Waals surface area contributed by atoms with E-state index in [1.54, 1.807) is 11.6 Å². The minimum Gasteiger partial charge on any atom is -0.389 e. The molecule has 3 aliphatic rings. The fourth-order valence-corrected chi connectivity index (χ4v) is 6.61. The lowest BCUT2D eigenvalue weighted by Crippen LogP contribution is -2.44. The highest BCUT2D eigenvalue weighted by Gasteiger charge is 2.48. The molecule has 0 radical (unpaired) electrons. The van der Waals surface area contributed by atoms with Crippen LogP contribution in [0.25, 0.3) is 0 Å². The summed E-state index contributed by atoms with van der Waals surface area (Å²) in [5.74, 6) is 1.64. The van der Waals surface area contributed by atoms with Crippen molar-refractivity contribution in [3.63, 3.8) is 0 Å². The van der Waals surface area contributed by atoms with Crippen LogP contribution in [0.4, 0.5) is 0 Å². The summed E-state index contributed by atoms with van der Waals surface area (Å²) >= 11 is 0. The standard InChI is InChI=1S/C28H47NO2/c1-5-9-23(20-26(30)6-2)12-13-24-10-7-16-28(4)25(14-15-27(24)28)11-8-17-29-18-19-31-21-22(29)3/h6,12-13,22,25-27,30H,2,5,7-11,14-21H2,1,3-4H3/b23-12-,24-13+/t22-,25?,26?,27?,28?/m1/s1. The number of fused-ring (bicyclic) bond motifs is 1. The monoisotopic (exact) mass is 429 g/mol. The average Bonchev–Trinajstić information content (AvgIpc) is 3.10. The maximum atomic E-state index is 10.0. The van der Waals surface area contributed by atoms with E-state index in [-0.39, 0.29) is 0 Å². The maximum Gasteiger partial charge on any atom is 0.0755 e. The molecular weight excluding hydrogens is 382 g/mol. The van der Waals surface area contributed by atoms with Crippen LogP contribution in [-0.2, 0) is 4.74 Å². The molecule has 1 heterocycles. The first kappa shape index (κ1) is 24.7. The Kier molecular flexibility index (Phi) is 9.43. The molecule has 3 fully saturated rings. The minimum absolute atomic E-state index is 0.419. The maximum absolute atomic E-state index is 10.0. The van der Waals surface area contributed by atoms with Crippen molar-refractivity contribution in [3.05, 3.63) is 36.0 Å². The summed E-state index contributed by atoms with van der Waals surface area (Å²) in [5.41, 5.74) is 3.53. The van der Waals surface area contributed by atoms with Crippen LogP contribution in [0.5, 0.6) is 0 Å². The second-order valence-corrected chi connectivity index (χ2v) is 10.6. The predicted octanol–water partition coefficient (Wildman–Crippen LogP) is 6.29. The van der Waals surface area contributed by atoms with Gasteiger partial charge in [-0.1, -0.05) is 49.6 Å². The summed E-state index contributed by atoms with van der Waals surface area (Å²) in [7, 11) is 0. The molecule has 1 aliphatic heterocycles. The molecule has 176 valence electrons. The highest BCUT2D eigenvalue weighted by atomic mass is 16.5. The van der Waals surface area contributed by atoms with Gasteiger partial charge in [0, 0.05) is 12.6 Å². The second kappa shape index (κ2) is 11.8. The third-order valence-corrected chi connectivity index (χ3v) is 8.51. The lowest BCUT2D eigenvalue weighted by molar-refractivity contribution is -0.00228. The van der Waals surface area contributed by atoms with Crippen LogP contribution in [0.2, 0.25) is 0 Å². The topological polar surface area (TPSA) is 32.7 Å². The molecule has 4 unspecified atom stereocenters. The summed E-state index contributed by atoms with van der Waals surface area (Å²) in [5, 5.41) is 10.0. The summed E-state index contributed by atoms with van der Waals surface area (Å²) in [4.78, 5) is 2.63. The molecule has 0 aromatic heterocycles. The van der Waals surface area contributed by atoms with Gasteiger partial charge in [0.05, 0.1) is 19.3 Å². The second-order valence-electron chi connectivity index (χ2n) is 10.6. The van der Waals surface area contributed by atoms with Crippen molar-refractivity contribution in [3.8, 4) is 0 Å². The Bertz CT molecular complexity index is 639. The van der Waals surface area contributed by atoms with Crippen LogP contribution in [-0.4, -0.2) is 48.5 Å². The zero-order chi connectivity index (χ0) is 22.3. The summed E-state index contributed by atoms with van der Waals surface area (Å²) in [6, 6.07) is 0.577. The third kappa shape index (κ3) is 6.33.